The molecule has 0 aliphatic heterocycles. The van der Waals surface area contributed by atoms with Crippen LogP contribution in [0, 0.1) is 0 Å². The molecule has 0 radical (unpaired) electrons. The summed E-state index contributed by atoms with van der Waals surface area (Å²) in [6, 6.07) is 60.4. The molecule has 0 atom stereocenters. The van der Waals surface area contributed by atoms with Gasteiger partial charge in [0.25, 0.3) is 0 Å². The summed E-state index contributed by atoms with van der Waals surface area (Å²) in [5.74, 6) is 0. The molecule has 0 saturated heterocycles. The fraction of sp³-hybridized carbons (Fsp3) is 0.143. The molecule has 1 aromatic heterocycles. The summed E-state index contributed by atoms with van der Waals surface area (Å²) < 4.78 is 2.40. The first-order valence-electron chi connectivity index (χ1n) is 18.0. The number of rotatable bonds is 5. The number of fused-ring (bicyclic) bond motifs is 6. The lowest BCUT2D eigenvalue weighted by molar-refractivity contribution is 0.590. The summed E-state index contributed by atoms with van der Waals surface area (Å²) in [6.45, 7) is 11.5. The van der Waals surface area contributed by atoms with E-state index in [-0.39, 0.29) is 10.8 Å². The molecule has 2 nitrogen and oxygen atoms in total. The third-order valence-corrected chi connectivity index (χ3v) is 10.9. The van der Waals surface area contributed by atoms with E-state index in [4.69, 9.17) is 0 Å². The van der Waals surface area contributed by atoms with Gasteiger partial charge in [-0.1, -0.05) is 138 Å². The molecule has 0 unspecified atom stereocenters. The van der Waals surface area contributed by atoms with E-state index < -0.39 is 0 Å². The SMILES string of the molecule is CC(C)(C)c1cccc(N(c2ccc(-c3ccc4c(c3)C(C)(C)c3ccccc3-4)cc2)c2ccc3c4ccccc4n(-c4ccccc4)c3c2)c1. The predicted molar refractivity (Wildman–Crippen MR) is 217 cm³/mol. The van der Waals surface area contributed by atoms with Gasteiger partial charge in [0.05, 0.1) is 11.0 Å². The van der Waals surface area contributed by atoms with Crippen LogP contribution in [0.5, 0.6) is 0 Å². The van der Waals surface area contributed by atoms with Crippen LogP contribution in [0.15, 0.2) is 164 Å². The molecule has 2 heteroatoms. The first-order valence-corrected chi connectivity index (χ1v) is 18.0. The van der Waals surface area contributed by atoms with Crippen LogP contribution in [-0.2, 0) is 10.8 Å². The standard InChI is InChI=1S/C49H42N2/c1-48(2,3)35-14-13-17-38(31-35)50(39-27-29-43-42-19-10-12-21-46(42)51(47(43)32-39)36-15-7-6-8-16-36)37-25-22-33(23-26-37)34-24-28-41-40-18-9-11-20-44(40)49(4,5)45(41)30-34/h6-32H,1-5H3. The zero-order valence-electron chi connectivity index (χ0n) is 30.0. The van der Waals surface area contributed by atoms with Gasteiger partial charge in [-0.3, -0.25) is 0 Å². The van der Waals surface area contributed by atoms with Crippen LogP contribution in [0.3, 0.4) is 0 Å². The Balaban J connectivity index is 1.19. The molecule has 0 N–H and O–H groups in total. The Kier molecular flexibility index (Phi) is 7.09. The Labute approximate surface area is 301 Å². The number of nitrogens with zero attached hydrogens (tertiary/aromatic N) is 2. The zero-order valence-corrected chi connectivity index (χ0v) is 30.0. The Bertz CT molecular complexity index is 2580. The molecule has 248 valence electrons. The van der Waals surface area contributed by atoms with E-state index in [2.05, 4.69) is 208 Å². The first-order chi connectivity index (χ1) is 24.7. The molecule has 0 bridgehead atoms. The van der Waals surface area contributed by atoms with Crippen LogP contribution in [0.4, 0.5) is 17.1 Å². The number of para-hydroxylation sites is 2. The van der Waals surface area contributed by atoms with Crippen molar-refractivity contribution in [3.8, 4) is 27.9 Å². The van der Waals surface area contributed by atoms with Crippen LogP contribution in [0.1, 0.15) is 51.3 Å². The number of hydrogen-bond acceptors (Lipinski definition) is 1. The quantitative estimate of drug-likeness (QED) is 0.179. The van der Waals surface area contributed by atoms with Gasteiger partial charge in [0.1, 0.15) is 0 Å². The van der Waals surface area contributed by atoms with Crippen molar-refractivity contribution >= 4 is 38.9 Å². The fourth-order valence-corrected chi connectivity index (χ4v) is 8.20. The van der Waals surface area contributed by atoms with Gasteiger partial charge in [0.2, 0.25) is 0 Å². The second kappa shape index (κ2) is 11.6. The van der Waals surface area contributed by atoms with Crippen molar-refractivity contribution in [2.45, 2.75) is 45.4 Å². The third-order valence-electron chi connectivity index (χ3n) is 10.9. The molecular formula is C49H42N2. The molecule has 0 fully saturated rings. The van der Waals surface area contributed by atoms with Gasteiger partial charge in [0, 0.05) is 38.9 Å². The Morgan fingerprint density at radius 1 is 0.471 bits per heavy atom. The van der Waals surface area contributed by atoms with Crippen LogP contribution in [0.2, 0.25) is 0 Å². The van der Waals surface area contributed by atoms with E-state index in [1.807, 2.05) is 0 Å². The van der Waals surface area contributed by atoms with E-state index in [1.54, 1.807) is 0 Å². The van der Waals surface area contributed by atoms with Crippen molar-refractivity contribution in [1.29, 1.82) is 0 Å². The summed E-state index contributed by atoms with van der Waals surface area (Å²) in [4.78, 5) is 2.41. The summed E-state index contributed by atoms with van der Waals surface area (Å²) in [5, 5.41) is 2.51. The molecule has 1 aliphatic rings. The minimum atomic E-state index is -0.0302. The molecule has 0 spiro atoms. The number of anilines is 3. The largest absolute Gasteiger partial charge is 0.310 e. The van der Waals surface area contributed by atoms with Crippen molar-refractivity contribution in [3.63, 3.8) is 0 Å². The van der Waals surface area contributed by atoms with Crippen molar-refractivity contribution in [2.24, 2.45) is 0 Å². The van der Waals surface area contributed by atoms with Crippen molar-refractivity contribution in [3.05, 3.63) is 180 Å². The maximum Gasteiger partial charge on any atom is 0.0561 e. The van der Waals surface area contributed by atoms with Crippen molar-refractivity contribution < 1.29 is 0 Å². The van der Waals surface area contributed by atoms with Gasteiger partial charge in [-0.05, 0) is 105 Å². The maximum atomic E-state index is 2.41. The van der Waals surface area contributed by atoms with Crippen LogP contribution >= 0.6 is 0 Å². The molecule has 0 saturated carbocycles. The van der Waals surface area contributed by atoms with Crippen molar-refractivity contribution in [2.75, 3.05) is 4.90 Å². The summed E-state index contributed by atoms with van der Waals surface area (Å²) in [6.07, 6.45) is 0. The Hall–Kier alpha value is -5.86. The Morgan fingerprint density at radius 3 is 1.92 bits per heavy atom. The number of benzene rings is 7. The fourth-order valence-electron chi connectivity index (χ4n) is 8.20. The van der Waals surface area contributed by atoms with Crippen LogP contribution < -0.4 is 4.90 Å². The molecule has 7 aromatic carbocycles. The van der Waals surface area contributed by atoms with E-state index in [1.165, 1.54) is 60.8 Å². The first kappa shape index (κ1) is 31.1. The highest BCUT2D eigenvalue weighted by Crippen LogP contribution is 2.49. The lowest BCUT2D eigenvalue weighted by Gasteiger charge is -2.28. The van der Waals surface area contributed by atoms with E-state index in [0.29, 0.717) is 0 Å². The van der Waals surface area contributed by atoms with Crippen LogP contribution in [0.25, 0.3) is 49.7 Å². The second-order valence-corrected chi connectivity index (χ2v) is 15.5. The van der Waals surface area contributed by atoms with Crippen molar-refractivity contribution in [1.82, 2.24) is 4.57 Å². The van der Waals surface area contributed by atoms with E-state index >= 15 is 0 Å². The predicted octanol–water partition coefficient (Wildman–Crippen LogP) is 13.5. The Morgan fingerprint density at radius 2 is 1.12 bits per heavy atom. The topological polar surface area (TPSA) is 8.17 Å². The normalized spacial score (nSPS) is 13.4. The highest BCUT2D eigenvalue weighted by molar-refractivity contribution is 6.10. The van der Waals surface area contributed by atoms with Gasteiger partial charge in [-0.25, -0.2) is 0 Å². The van der Waals surface area contributed by atoms with Gasteiger partial charge < -0.3 is 9.47 Å². The smallest absolute Gasteiger partial charge is 0.0561 e. The highest BCUT2D eigenvalue weighted by Gasteiger charge is 2.35. The maximum absolute atomic E-state index is 2.41. The summed E-state index contributed by atoms with van der Waals surface area (Å²) >= 11 is 0. The number of aromatic nitrogens is 1. The summed E-state index contributed by atoms with van der Waals surface area (Å²) in [7, 11) is 0. The van der Waals surface area contributed by atoms with Crippen LogP contribution in [-0.4, -0.2) is 4.57 Å². The molecule has 1 aliphatic carbocycles. The lowest BCUT2D eigenvalue weighted by Crippen LogP contribution is -2.15. The van der Waals surface area contributed by atoms with Gasteiger partial charge in [-0.2, -0.15) is 0 Å². The average molecular weight is 659 g/mol. The third kappa shape index (κ3) is 5.09. The molecule has 0 amide bonds. The minimum absolute atomic E-state index is 0.0240. The zero-order chi connectivity index (χ0) is 34.9. The van der Waals surface area contributed by atoms with Gasteiger partial charge in [0.15, 0.2) is 0 Å². The van der Waals surface area contributed by atoms with E-state index in [0.717, 1.165) is 22.7 Å². The monoisotopic (exact) mass is 658 g/mol. The lowest BCUT2D eigenvalue weighted by atomic mass is 9.81. The van der Waals surface area contributed by atoms with Gasteiger partial charge >= 0.3 is 0 Å². The summed E-state index contributed by atoms with van der Waals surface area (Å²) in [5.41, 5.74) is 16.2. The molecule has 9 rings (SSSR count). The highest BCUT2D eigenvalue weighted by atomic mass is 15.1. The average Bonchev–Trinajstić information content (AvgIpc) is 3.60. The molecule has 1 heterocycles. The van der Waals surface area contributed by atoms with E-state index in [9.17, 15) is 0 Å². The number of hydrogen-bond donors (Lipinski definition) is 0. The molecule has 51 heavy (non-hydrogen) atoms. The van der Waals surface area contributed by atoms with Gasteiger partial charge in [-0.15, -0.1) is 0 Å². The molecule has 8 aromatic rings. The minimum Gasteiger partial charge on any atom is -0.310 e. The second-order valence-electron chi connectivity index (χ2n) is 15.5. The molecular weight excluding hydrogens is 617 g/mol.